The minimum Gasteiger partial charge on any atom is -0.384 e. The molecule has 28 heavy (non-hydrogen) atoms. The van der Waals surface area contributed by atoms with Gasteiger partial charge in [0, 0.05) is 48.0 Å². The van der Waals surface area contributed by atoms with Crippen LogP contribution in [0.1, 0.15) is 16.8 Å². The molecule has 0 aliphatic carbocycles. The Labute approximate surface area is 161 Å². The number of halogens is 1. The van der Waals surface area contributed by atoms with Crippen molar-refractivity contribution in [3.05, 3.63) is 77.8 Å². The number of carbonyl (C=O) groups excluding carboxylic acids is 1. The van der Waals surface area contributed by atoms with E-state index in [1.54, 1.807) is 18.6 Å². The Hall–Kier alpha value is -3.61. The van der Waals surface area contributed by atoms with Crippen molar-refractivity contribution >= 4 is 28.5 Å². The van der Waals surface area contributed by atoms with Gasteiger partial charge in [-0.3, -0.25) is 4.79 Å². The number of aromatic nitrogens is 2. The molecule has 0 atom stereocenters. The molecule has 0 saturated carbocycles. The average Bonchev–Trinajstić information content (AvgIpc) is 3.29. The lowest BCUT2D eigenvalue weighted by Crippen LogP contribution is -2.07. The molecule has 0 saturated heterocycles. The molecule has 0 fully saturated rings. The first-order chi connectivity index (χ1) is 13.6. The summed E-state index contributed by atoms with van der Waals surface area (Å²) >= 11 is 0. The van der Waals surface area contributed by atoms with E-state index in [1.165, 1.54) is 12.1 Å². The Balaban J connectivity index is 1.43. The quantitative estimate of drug-likeness (QED) is 0.491. The van der Waals surface area contributed by atoms with Crippen molar-refractivity contribution in [3.63, 3.8) is 0 Å². The summed E-state index contributed by atoms with van der Waals surface area (Å²) < 4.78 is 13.5. The molecule has 0 unspecified atom stereocenters. The van der Waals surface area contributed by atoms with Crippen molar-refractivity contribution < 1.29 is 9.18 Å². The first-order valence-corrected chi connectivity index (χ1v) is 9.00. The topological polar surface area (TPSA) is 81.8 Å². The molecule has 1 aromatic heterocycles. The molecule has 1 amide bonds. The zero-order valence-corrected chi connectivity index (χ0v) is 15.3. The maximum Gasteiger partial charge on any atom is 0.257 e. The highest BCUT2D eigenvalue weighted by atomic mass is 19.1. The van der Waals surface area contributed by atoms with Gasteiger partial charge in [0.25, 0.3) is 5.91 Å². The van der Waals surface area contributed by atoms with Gasteiger partial charge in [-0.2, -0.15) is 0 Å². The number of fused-ring (bicyclic) bond motifs is 1. The minimum atomic E-state index is -0.373. The number of anilines is 3. The first-order valence-electron chi connectivity index (χ1n) is 9.00. The number of imidazole rings is 1. The average molecular weight is 377 g/mol. The highest BCUT2D eigenvalue weighted by Gasteiger charge is 2.24. The minimum absolute atomic E-state index is 0.249. The van der Waals surface area contributed by atoms with E-state index in [9.17, 15) is 9.18 Å². The predicted molar refractivity (Wildman–Crippen MR) is 109 cm³/mol. The fourth-order valence-corrected chi connectivity index (χ4v) is 3.16. The number of aryl methyl sites for hydroxylation is 1. The number of H-pyrrole nitrogens is 1. The van der Waals surface area contributed by atoms with Gasteiger partial charge in [0.15, 0.2) is 0 Å². The highest BCUT2D eigenvalue weighted by molar-refractivity contribution is 6.31. The van der Waals surface area contributed by atoms with Crippen LogP contribution in [-0.2, 0) is 11.2 Å². The van der Waals surface area contributed by atoms with Crippen molar-refractivity contribution in [3.8, 4) is 0 Å². The molecule has 2 aromatic carbocycles. The molecular formula is C21H20FN5O. The summed E-state index contributed by atoms with van der Waals surface area (Å²) in [5, 5.41) is 9.27. The number of aromatic amines is 1. The molecule has 4 N–H and O–H groups in total. The summed E-state index contributed by atoms with van der Waals surface area (Å²) in [5.74, 6) is -0.622. The van der Waals surface area contributed by atoms with Gasteiger partial charge < -0.3 is 20.9 Å². The van der Waals surface area contributed by atoms with Gasteiger partial charge in [-0.1, -0.05) is 0 Å². The van der Waals surface area contributed by atoms with Gasteiger partial charge in [-0.15, -0.1) is 0 Å². The number of hydrogen-bond donors (Lipinski definition) is 4. The van der Waals surface area contributed by atoms with Crippen molar-refractivity contribution in [2.45, 2.75) is 13.3 Å². The van der Waals surface area contributed by atoms with E-state index < -0.39 is 0 Å². The van der Waals surface area contributed by atoms with E-state index in [0.29, 0.717) is 16.8 Å². The molecule has 4 rings (SSSR count). The van der Waals surface area contributed by atoms with E-state index >= 15 is 0 Å². The van der Waals surface area contributed by atoms with Crippen molar-refractivity contribution in [2.24, 2.45) is 0 Å². The second-order valence-corrected chi connectivity index (χ2v) is 6.61. The highest BCUT2D eigenvalue weighted by Crippen LogP contribution is 2.32. The molecule has 0 radical (unpaired) electrons. The molecule has 1 aliphatic heterocycles. The normalized spacial score (nSPS) is 14.1. The number of rotatable bonds is 6. The Morgan fingerprint density at radius 2 is 2.11 bits per heavy atom. The van der Waals surface area contributed by atoms with E-state index in [-0.39, 0.29) is 11.7 Å². The number of nitrogens with zero attached hydrogens (tertiary/aromatic N) is 1. The molecule has 142 valence electrons. The Kier molecular flexibility index (Phi) is 4.80. The third-order valence-electron chi connectivity index (χ3n) is 4.63. The van der Waals surface area contributed by atoms with Gasteiger partial charge in [-0.25, -0.2) is 9.37 Å². The molecule has 7 heteroatoms. The molecule has 0 spiro atoms. The van der Waals surface area contributed by atoms with Crippen LogP contribution in [0.2, 0.25) is 0 Å². The lowest BCUT2D eigenvalue weighted by Gasteiger charge is -2.11. The Bertz CT molecular complexity index is 1040. The number of benzene rings is 2. The second kappa shape index (κ2) is 7.56. The first kappa shape index (κ1) is 17.8. The summed E-state index contributed by atoms with van der Waals surface area (Å²) in [6, 6.07) is 10.2. The fraction of sp³-hybridized carbons (Fsp3) is 0.143. The van der Waals surface area contributed by atoms with Crippen LogP contribution in [0.5, 0.6) is 0 Å². The summed E-state index contributed by atoms with van der Waals surface area (Å²) in [4.78, 5) is 19.3. The lowest BCUT2D eigenvalue weighted by molar-refractivity contribution is -0.110. The number of nitrogens with one attached hydrogen (secondary N) is 4. The summed E-state index contributed by atoms with van der Waals surface area (Å²) in [5.41, 5.74) is 5.57. The van der Waals surface area contributed by atoms with Gasteiger partial charge in [0.05, 0.1) is 17.6 Å². The van der Waals surface area contributed by atoms with E-state index in [4.69, 9.17) is 0 Å². The molecule has 6 nitrogen and oxygen atoms in total. The van der Waals surface area contributed by atoms with Crippen molar-refractivity contribution in [1.82, 2.24) is 9.97 Å². The maximum atomic E-state index is 13.5. The zero-order valence-electron chi connectivity index (χ0n) is 15.3. The molecule has 1 aliphatic rings. The van der Waals surface area contributed by atoms with Crippen LogP contribution in [-0.4, -0.2) is 22.4 Å². The number of amides is 1. The number of carbonyl (C=O) groups is 1. The lowest BCUT2D eigenvalue weighted by atomic mass is 10.1. The van der Waals surface area contributed by atoms with Gasteiger partial charge in [0.1, 0.15) is 5.82 Å². The van der Waals surface area contributed by atoms with Crippen LogP contribution in [0.4, 0.5) is 21.5 Å². The largest absolute Gasteiger partial charge is 0.384 e. The monoisotopic (exact) mass is 377 g/mol. The Morgan fingerprint density at radius 1 is 1.21 bits per heavy atom. The Morgan fingerprint density at radius 3 is 2.89 bits per heavy atom. The summed E-state index contributed by atoms with van der Waals surface area (Å²) in [6.07, 6.45) is 6.01. The van der Waals surface area contributed by atoms with Crippen LogP contribution in [0, 0.1) is 12.7 Å². The smallest absolute Gasteiger partial charge is 0.257 e. The SMILES string of the molecule is Cc1cc(N/C=C2/C(=O)Nc3ccc(F)cc32)ccc1NCCc1c[nH]cn1. The molecule has 2 heterocycles. The van der Waals surface area contributed by atoms with Crippen LogP contribution in [0.25, 0.3) is 5.57 Å². The summed E-state index contributed by atoms with van der Waals surface area (Å²) in [7, 11) is 0. The molecule has 3 aromatic rings. The van der Waals surface area contributed by atoms with Crippen molar-refractivity contribution in [1.29, 1.82) is 0 Å². The summed E-state index contributed by atoms with van der Waals surface area (Å²) in [6.45, 7) is 2.80. The standard InChI is InChI=1S/C21H20FN5O/c1-13-8-15(3-5-19(13)24-7-6-16-10-23-12-26-16)25-11-18-17-9-14(22)2-4-20(17)27-21(18)28/h2-5,8-12,24-25H,6-7H2,1H3,(H,23,26)(H,27,28)/b18-11+. The molecule has 0 bridgehead atoms. The van der Waals surface area contributed by atoms with Gasteiger partial charge >= 0.3 is 0 Å². The predicted octanol–water partition coefficient (Wildman–Crippen LogP) is 3.92. The zero-order chi connectivity index (χ0) is 19.5. The third-order valence-corrected chi connectivity index (χ3v) is 4.63. The van der Waals surface area contributed by atoms with Crippen LogP contribution >= 0.6 is 0 Å². The fourth-order valence-electron chi connectivity index (χ4n) is 3.16. The van der Waals surface area contributed by atoms with Crippen LogP contribution < -0.4 is 16.0 Å². The number of hydrogen-bond acceptors (Lipinski definition) is 4. The van der Waals surface area contributed by atoms with Gasteiger partial charge in [-0.05, 0) is 48.9 Å². The van der Waals surface area contributed by atoms with Crippen LogP contribution in [0.15, 0.2) is 55.1 Å². The van der Waals surface area contributed by atoms with E-state index in [2.05, 4.69) is 25.9 Å². The van der Waals surface area contributed by atoms with Crippen LogP contribution in [0.3, 0.4) is 0 Å². The second-order valence-electron chi connectivity index (χ2n) is 6.61. The van der Waals surface area contributed by atoms with E-state index in [0.717, 1.165) is 35.6 Å². The van der Waals surface area contributed by atoms with E-state index in [1.807, 2.05) is 31.3 Å². The third kappa shape index (κ3) is 3.73. The molecular weight excluding hydrogens is 357 g/mol. The maximum absolute atomic E-state index is 13.5. The van der Waals surface area contributed by atoms with Crippen molar-refractivity contribution in [2.75, 3.05) is 22.5 Å². The van der Waals surface area contributed by atoms with Gasteiger partial charge in [0.2, 0.25) is 0 Å².